The molecule has 0 aliphatic carbocycles. The van der Waals surface area contributed by atoms with Crippen molar-refractivity contribution < 1.29 is 64.2 Å². The number of aromatic amines is 1. The van der Waals surface area contributed by atoms with Crippen molar-refractivity contribution in [2.75, 3.05) is 26.4 Å². The maximum absolute atomic E-state index is 14.2. The summed E-state index contributed by atoms with van der Waals surface area (Å²) >= 11 is 0. The summed E-state index contributed by atoms with van der Waals surface area (Å²) < 4.78 is 0. The largest absolute Gasteiger partial charge is 0.508 e. The molecule has 0 bridgehead atoms. The molecule has 1 heterocycles. The summed E-state index contributed by atoms with van der Waals surface area (Å²) in [7, 11) is 0. The van der Waals surface area contributed by atoms with E-state index in [0.717, 1.165) is 10.9 Å². The number of H-pyrrole nitrogens is 1. The average molecular weight is 849 g/mol. The van der Waals surface area contributed by atoms with Crippen LogP contribution in [0.5, 0.6) is 11.5 Å². The molecule has 21 heteroatoms. The van der Waals surface area contributed by atoms with Gasteiger partial charge in [0.05, 0.1) is 19.8 Å². The average Bonchev–Trinajstić information content (AvgIpc) is 3.66. The van der Waals surface area contributed by atoms with Crippen molar-refractivity contribution in [2.24, 2.45) is 5.73 Å². The number of nitrogens with two attached hydrogens (primary N) is 1. The van der Waals surface area contributed by atoms with Crippen LogP contribution in [0.15, 0.2) is 79.0 Å². The van der Waals surface area contributed by atoms with Crippen LogP contribution in [0, 0.1) is 0 Å². The predicted octanol–water partition coefficient (Wildman–Crippen LogP) is -3.46. The molecular weight excluding hydrogens is 800 g/mol. The second-order valence-electron chi connectivity index (χ2n) is 13.9. The Morgan fingerprint density at radius 1 is 0.541 bits per heavy atom. The molecule has 0 unspecified atom stereocenters. The van der Waals surface area contributed by atoms with Crippen LogP contribution in [0.3, 0.4) is 0 Å². The minimum absolute atomic E-state index is 0.0914. The number of nitrogens with one attached hydrogen (secondary N) is 7. The normalized spacial score (nSPS) is 14.0. The number of hydrogen-bond acceptors (Lipinski definition) is 13. The third-order valence-corrected chi connectivity index (χ3v) is 9.33. The summed E-state index contributed by atoms with van der Waals surface area (Å²) in [4.78, 5) is 94.8. The van der Waals surface area contributed by atoms with Gasteiger partial charge in [0, 0.05) is 36.4 Å². The van der Waals surface area contributed by atoms with Crippen LogP contribution >= 0.6 is 0 Å². The molecule has 0 saturated carbocycles. The number of aliphatic hydroxyl groups is 3. The fourth-order valence-corrected chi connectivity index (χ4v) is 6.01. The molecule has 21 nitrogen and oxygen atoms in total. The Morgan fingerprint density at radius 2 is 0.967 bits per heavy atom. The minimum Gasteiger partial charge on any atom is -0.508 e. The smallest absolute Gasteiger partial charge is 0.322 e. The number of aromatic hydroxyl groups is 2. The van der Waals surface area contributed by atoms with Crippen LogP contribution in [0.2, 0.25) is 0 Å². The number of aliphatic hydroxyl groups excluding tert-OH is 3. The zero-order chi connectivity index (χ0) is 44.6. The van der Waals surface area contributed by atoms with Crippen molar-refractivity contribution in [3.8, 4) is 11.5 Å². The van der Waals surface area contributed by atoms with Gasteiger partial charge in [0.1, 0.15) is 54.3 Å². The van der Waals surface area contributed by atoms with Crippen LogP contribution in [0.1, 0.15) is 16.7 Å². The number of aliphatic carboxylic acids is 1. The molecule has 326 valence electrons. The summed E-state index contributed by atoms with van der Waals surface area (Å²) in [6, 6.07) is 9.09. The lowest BCUT2D eigenvalue weighted by Gasteiger charge is -2.27. The summed E-state index contributed by atoms with van der Waals surface area (Å²) in [5, 5.41) is 72.8. The first-order valence-electron chi connectivity index (χ1n) is 18.8. The molecule has 3 aromatic carbocycles. The van der Waals surface area contributed by atoms with Crippen molar-refractivity contribution in [1.29, 1.82) is 0 Å². The number of aromatic nitrogens is 1. The van der Waals surface area contributed by atoms with Gasteiger partial charge < -0.3 is 73.3 Å². The molecule has 0 radical (unpaired) electrons. The fourth-order valence-electron chi connectivity index (χ4n) is 6.01. The van der Waals surface area contributed by atoms with E-state index >= 15 is 0 Å². The van der Waals surface area contributed by atoms with Crippen LogP contribution in [-0.4, -0.2) is 140 Å². The Labute approximate surface area is 347 Å². The highest BCUT2D eigenvalue weighted by atomic mass is 16.4. The molecule has 0 aliphatic rings. The first-order valence-corrected chi connectivity index (χ1v) is 18.8. The van der Waals surface area contributed by atoms with E-state index in [-0.39, 0.29) is 30.8 Å². The lowest BCUT2D eigenvalue weighted by Crippen LogP contribution is -2.61. The fraction of sp³-hybridized carbons (Fsp3) is 0.325. The molecular formula is C40H48N8O13. The van der Waals surface area contributed by atoms with Gasteiger partial charge in [-0.25, -0.2) is 0 Å². The Balaban J connectivity index is 1.62. The zero-order valence-corrected chi connectivity index (χ0v) is 32.5. The summed E-state index contributed by atoms with van der Waals surface area (Å²) in [6.45, 7) is -3.52. The second-order valence-corrected chi connectivity index (χ2v) is 13.9. The number of hydrogen-bond donors (Lipinski definition) is 14. The number of rotatable bonds is 22. The van der Waals surface area contributed by atoms with E-state index < -0.39 is 104 Å². The van der Waals surface area contributed by atoms with Crippen LogP contribution in [0.4, 0.5) is 0 Å². The van der Waals surface area contributed by atoms with Gasteiger partial charge in [-0.1, -0.05) is 42.5 Å². The van der Waals surface area contributed by atoms with Gasteiger partial charge in [-0.05, 0) is 47.0 Å². The van der Waals surface area contributed by atoms with E-state index in [1.54, 1.807) is 30.5 Å². The van der Waals surface area contributed by atoms with Crippen molar-refractivity contribution in [3.63, 3.8) is 0 Å². The molecule has 15 N–H and O–H groups in total. The number of carboxylic acid groups (broad SMARTS) is 1. The third kappa shape index (κ3) is 13.7. The zero-order valence-electron chi connectivity index (χ0n) is 32.5. The van der Waals surface area contributed by atoms with Gasteiger partial charge in [0.25, 0.3) is 0 Å². The Hall–Kier alpha value is -7.07. The maximum atomic E-state index is 14.2. The quantitative estimate of drug-likeness (QED) is 0.0366. The molecule has 0 fully saturated rings. The van der Waals surface area contributed by atoms with Gasteiger partial charge in [-0.2, -0.15) is 0 Å². The summed E-state index contributed by atoms with van der Waals surface area (Å²) in [6.07, 6.45) is 1.03. The molecule has 6 atom stereocenters. The van der Waals surface area contributed by atoms with Gasteiger partial charge in [0.15, 0.2) is 0 Å². The van der Waals surface area contributed by atoms with Crippen molar-refractivity contribution in [2.45, 2.75) is 55.5 Å². The van der Waals surface area contributed by atoms with Crippen LogP contribution in [0.25, 0.3) is 10.9 Å². The number of benzene rings is 3. The number of phenols is 2. The lowest BCUT2D eigenvalue weighted by atomic mass is 10.0. The van der Waals surface area contributed by atoms with Gasteiger partial charge in [-0.15, -0.1) is 0 Å². The molecule has 4 aromatic rings. The third-order valence-electron chi connectivity index (χ3n) is 9.33. The molecule has 6 amide bonds. The first kappa shape index (κ1) is 46.6. The van der Waals surface area contributed by atoms with E-state index in [0.29, 0.717) is 16.7 Å². The van der Waals surface area contributed by atoms with Crippen molar-refractivity contribution in [1.82, 2.24) is 36.9 Å². The van der Waals surface area contributed by atoms with E-state index in [2.05, 4.69) is 36.9 Å². The molecule has 1 aromatic heterocycles. The highest BCUT2D eigenvalue weighted by Crippen LogP contribution is 2.20. The summed E-state index contributed by atoms with van der Waals surface area (Å²) in [5.74, 6) is -7.49. The van der Waals surface area contributed by atoms with Crippen LogP contribution < -0.4 is 37.6 Å². The number of phenolic OH excluding ortho intramolecular Hbond substituents is 2. The predicted molar refractivity (Wildman–Crippen MR) is 215 cm³/mol. The number of fused-ring (bicyclic) bond motifs is 1. The highest BCUT2D eigenvalue weighted by molar-refractivity contribution is 5.97. The number of carbonyl (C=O) groups is 7. The minimum atomic E-state index is -1.76. The van der Waals surface area contributed by atoms with Gasteiger partial charge in [0.2, 0.25) is 35.4 Å². The van der Waals surface area contributed by atoms with E-state index in [4.69, 9.17) is 10.8 Å². The Morgan fingerprint density at radius 3 is 1.43 bits per heavy atom. The highest BCUT2D eigenvalue weighted by Gasteiger charge is 2.33. The van der Waals surface area contributed by atoms with Gasteiger partial charge in [-0.3, -0.25) is 33.6 Å². The topological polar surface area (TPSA) is 355 Å². The molecule has 0 spiro atoms. The molecule has 61 heavy (non-hydrogen) atoms. The van der Waals surface area contributed by atoms with Crippen molar-refractivity contribution in [3.05, 3.63) is 95.7 Å². The van der Waals surface area contributed by atoms with E-state index in [1.807, 2.05) is 0 Å². The first-order chi connectivity index (χ1) is 29.1. The number of amides is 6. The molecule has 4 rings (SSSR count). The Bertz CT molecular complexity index is 2160. The van der Waals surface area contributed by atoms with Crippen LogP contribution in [-0.2, 0) is 52.8 Å². The Kier molecular flexibility index (Phi) is 17.1. The molecule has 0 saturated heterocycles. The SMILES string of the molecule is N[C@@H](CO)C(=O)N[C@@H](CO)C(=O)N[C@@H](CO)C(=O)N[C@@H](Cc1ccc(O)cc1)C(=O)N[C@@H](Cc1ccc(O)cc1)C(=O)N[C@@H](Cc1c[nH]c2ccccc12)C(=O)NCC(=O)O. The number of carboxylic acids is 1. The lowest BCUT2D eigenvalue weighted by molar-refractivity contribution is -0.138. The summed E-state index contributed by atoms with van der Waals surface area (Å²) in [5.41, 5.74) is 7.63. The number of para-hydroxylation sites is 1. The molecule has 0 aliphatic heterocycles. The van der Waals surface area contributed by atoms with E-state index in [9.17, 15) is 59.1 Å². The van der Waals surface area contributed by atoms with Gasteiger partial charge >= 0.3 is 5.97 Å². The number of carbonyl (C=O) groups excluding carboxylic acids is 6. The standard InChI is InChI=1S/C40H48N8O13/c41-27(18-49)35(56)47-32(19-50)40(61)48-33(20-51)39(60)45-30(14-22-7-11-25(53)12-8-22)37(58)44-29(13-21-5-9-24(52)10-6-21)38(59)46-31(36(57)43-17-34(54)55)15-23-16-42-28-4-2-1-3-26(23)28/h1-12,16,27,29-33,42,49-53H,13-15,17-20,41H2,(H,43,57)(H,44,58)(H,45,60)(H,46,59)(H,47,56)(H,48,61)(H,54,55)/t27-,29-,30-,31-,32-,33-/m0/s1. The monoisotopic (exact) mass is 848 g/mol. The maximum Gasteiger partial charge on any atom is 0.322 e. The van der Waals surface area contributed by atoms with E-state index in [1.165, 1.54) is 48.5 Å². The van der Waals surface area contributed by atoms with Crippen molar-refractivity contribution >= 4 is 52.3 Å². The second kappa shape index (κ2) is 22.3.